The number of anilines is 1. The Morgan fingerprint density at radius 2 is 1.86 bits per heavy atom. The van der Waals surface area contributed by atoms with Crippen LogP contribution in [0.3, 0.4) is 0 Å². The second-order valence-electron chi connectivity index (χ2n) is 2.75. The molecule has 0 aliphatic carbocycles. The molecule has 0 aliphatic heterocycles. The van der Waals surface area contributed by atoms with Gasteiger partial charge in [0.2, 0.25) is 5.95 Å². The van der Waals surface area contributed by atoms with Gasteiger partial charge in [0.05, 0.1) is 0 Å². The first-order valence-electron chi connectivity index (χ1n) is 4.32. The summed E-state index contributed by atoms with van der Waals surface area (Å²) < 4.78 is 0. The first-order valence-corrected chi connectivity index (χ1v) is 4.32. The van der Waals surface area contributed by atoms with Crippen LogP contribution in [0.25, 0.3) is 11.4 Å². The lowest BCUT2D eigenvalue weighted by atomic mass is 10.2. The molecule has 0 atom stereocenters. The average Bonchev–Trinajstić information content (AvgIpc) is 2.30. The number of nitrogens with one attached hydrogen (secondary N) is 1. The first-order chi connectivity index (χ1) is 6.90. The fourth-order valence-electron chi connectivity index (χ4n) is 1.14. The summed E-state index contributed by atoms with van der Waals surface area (Å²) in [6.45, 7) is 0. The maximum Gasteiger partial charge on any atom is 0.225 e. The van der Waals surface area contributed by atoms with Crippen LogP contribution in [0.2, 0.25) is 0 Å². The number of hydrogen-bond acceptors (Lipinski definition) is 4. The Hall–Kier alpha value is -1.97. The van der Waals surface area contributed by atoms with E-state index in [9.17, 15) is 0 Å². The van der Waals surface area contributed by atoms with Crippen LogP contribution in [-0.4, -0.2) is 22.0 Å². The van der Waals surface area contributed by atoms with Gasteiger partial charge in [-0.25, -0.2) is 9.97 Å². The molecule has 0 radical (unpaired) electrons. The van der Waals surface area contributed by atoms with Crippen LogP contribution in [0.1, 0.15) is 0 Å². The Morgan fingerprint density at radius 3 is 2.57 bits per heavy atom. The van der Waals surface area contributed by atoms with Crippen molar-refractivity contribution in [1.29, 1.82) is 0 Å². The molecule has 1 heterocycles. The number of benzene rings is 1. The van der Waals surface area contributed by atoms with Crippen molar-refractivity contribution >= 4 is 5.95 Å². The molecule has 0 fully saturated rings. The third kappa shape index (κ3) is 1.69. The van der Waals surface area contributed by atoms with Crippen LogP contribution in [-0.2, 0) is 0 Å². The lowest BCUT2D eigenvalue weighted by Gasteiger charge is -2.00. The largest absolute Gasteiger partial charge is 0.357 e. The Bertz CT molecular complexity index is 413. The highest BCUT2D eigenvalue weighted by atomic mass is 15.1. The Kier molecular flexibility index (Phi) is 2.36. The van der Waals surface area contributed by atoms with Crippen LogP contribution < -0.4 is 5.32 Å². The second kappa shape index (κ2) is 3.83. The zero-order valence-corrected chi connectivity index (χ0v) is 7.81. The van der Waals surface area contributed by atoms with E-state index in [-0.39, 0.29) is 0 Å². The Labute approximate surface area is 82.1 Å². The molecule has 0 bridgehead atoms. The summed E-state index contributed by atoms with van der Waals surface area (Å²) in [6.07, 6.45) is 1.50. The SMILES string of the molecule is CNc1ncnc(-c2ccccc2)n1. The van der Waals surface area contributed by atoms with E-state index >= 15 is 0 Å². The number of aromatic nitrogens is 3. The van der Waals surface area contributed by atoms with Gasteiger partial charge in [-0.05, 0) is 0 Å². The van der Waals surface area contributed by atoms with E-state index in [0.29, 0.717) is 11.8 Å². The lowest BCUT2D eigenvalue weighted by molar-refractivity contribution is 1.05. The molecule has 0 amide bonds. The van der Waals surface area contributed by atoms with Gasteiger partial charge < -0.3 is 5.32 Å². The smallest absolute Gasteiger partial charge is 0.225 e. The van der Waals surface area contributed by atoms with Gasteiger partial charge >= 0.3 is 0 Å². The topological polar surface area (TPSA) is 50.7 Å². The van der Waals surface area contributed by atoms with Gasteiger partial charge in [0.15, 0.2) is 5.82 Å². The summed E-state index contributed by atoms with van der Waals surface area (Å²) >= 11 is 0. The predicted molar refractivity (Wildman–Crippen MR) is 54.8 cm³/mol. The molecule has 0 spiro atoms. The predicted octanol–water partition coefficient (Wildman–Crippen LogP) is 1.58. The fourth-order valence-corrected chi connectivity index (χ4v) is 1.14. The summed E-state index contributed by atoms with van der Waals surface area (Å²) in [7, 11) is 1.78. The minimum atomic E-state index is 0.582. The van der Waals surface area contributed by atoms with Crippen LogP contribution >= 0.6 is 0 Å². The summed E-state index contributed by atoms with van der Waals surface area (Å²) in [4.78, 5) is 12.3. The lowest BCUT2D eigenvalue weighted by Crippen LogP contribution is -1.98. The number of nitrogens with zero attached hydrogens (tertiary/aromatic N) is 3. The Balaban J connectivity index is 2.42. The van der Waals surface area contributed by atoms with Crippen molar-refractivity contribution in [2.24, 2.45) is 0 Å². The van der Waals surface area contributed by atoms with Gasteiger partial charge in [-0.3, -0.25) is 0 Å². The normalized spacial score (nSPS) is 9.79. The molecule has 4 nitrogen and oxygen atoms in total. The highest BCUT2D eigenvalue weighted by molar-refractivity contribution is 5.55. The zero-order valence-electron chi connectivity index (χ0n) is 7.81. The molecule has 70 valence electrons. The molecule has 0 saturated carbocycles. The van der Waals surface area contributed by atoms with Crippen molar-refractivity contribution in [3.05, 3.63) is 36.7 Å². The molecule has 2 aromatic rings. The summed E-state index contributed by atoms with van der Waals surface area (Å²) in [5.74, 6) is 1.27. The van der Waals surface area contributed by atoms with Crippen molar-refractivity contribution in [3.8, 4) is 11.4 Å². The Morgan fingerprint density at radius 1 is 1.07 bits per heavy atom. The zero-order chi connectivity index (χ0) is 9.80. The van der Waals surface area contributed by atoms with E-state index in [1.807, 2.05) is 30.3 Å². The van der Waals surface area contributed by atoms with Crippen LogP contribution in [0.5, 0.6) is 0 Å². The van der Waals surface area contributed by atoms with Gasteiger partial charge in [0.25, 0.3) is 0 Å². The molecular weight excluding hydrogens is 176 g/mol. The quantitative estimate of drug-likeness (QED) is 0.773. The summed E-state index contributed by atoms with van der Waals surface area (Å²) in [6, 6.07) is 9.81. The minimum absolute atomic E-state index is 0.582. The van der Waals surface area contributed by atoms with Gasteiger partial charge in [-0.2, -0.15) is 4.98 Å². The molecule has 2 rings (SSSR count). The van der Waals surface area contributed by atoms with E-state index in [1.165, 1.54) is 6.33 Å². The minimum Gasteiger partial charge on any atom is -0.357 e. The first kappa shape index (κ1) is 8.62. The molecule has 0 unspecified atom stereocenters. The molecule has 0 saturated heterocycles. The van der Waals surface area contributed by atoms with E-state index in [0.717, 1.165) is 5.56 Å². The molecule has 1 aromatic heterocycles. The number of hydrogen-bond donors (Lipinski definition) is 1. The maximum atomic E-state index is 4.23. The van der Waals surface area contributed by atoms with E-state index in [1.54, 1.807) is 7.05 Å². The van der Waals surface area contributed by atoms with Crippen LogP contribution in [0.15, 0.2) is 36.7 Å². The van der Waals surface area contributed by atoms with Gasteiger partial charge in [-0.15, -0.1) is 0 Å². The van der Waals surface area contributed by atoms with E-state index in [4.69, 9.17) is 0 Å². The van der Waals surface area contributed by atoms with Crippen molar-refractivity contribution in [1.82, 2.24) is 15.0 Å². The number of rotatable bonds is 2. The maximum absolute atomic E-state index is 4.23. The highest BCUT2D eigenvalue weighted by Crippen LogP contribution is 2.13. The van der Waals surface area contributed by atoms with Gasteiger partial charge in [0, 0.05) is 12.6 Å². The third-order valence-electron chi connectivity index (χ3n) is 1.83. The molecule has 14 heavy (non-hydrogen) atoms. The van der Waals surface area contributed by atoms with Crippen LogP contribution in [0.4, 0.5) is 5.95 Å². The van der Waals surface area contributed by atoms with Gasteiger partial charge in [0.1, 0.15) is 6.33 Å². The van der Waals surface area contributed by atoms with Crippen molar-refractivity contribution in [2.75, 3.05) is 12.4 Å². The fraction of sp³-hybridized carbons (Fsp3) is 0.100. The van der Waals surface area contributed by atoms with Gasteiger partial charge in [-0.1, -0.05) is 30.3 Å². The highest BCUT2D eigenvalue weighted by Gasteiger charge is 2.00. The van der Waals surface area contributed by atoms with Crippen molar-refractivity contribution < 1.29 is 0 Å². The summed E-state index contributed by atoms with van der Waals surface area (Å²) in [5, 5.41) is 2.87. The van der Waals surface area contributed by atoms with E-state index < -0.39 is 0 Å². The van der Waals surface area contributed by atoms with Crippen molar-refractivity contribution in [2.45, 2.75) is 0 Å². The second-order valence-corrected chi connectivity index (χ2v) is 2.75. The molecule has 0 aliphatic rings. The summed E-state index contributed by atoms with van der Waals surface area (Å²) in [5.41, 5.74) is 0.992. The standard InChI is InChI=1S/C10H10N4/c1-11-10-13-7-12-9(14-10)8-5-3-2-4-6-8/h2-7H,1H3,(H,11,12,13,14). The van der Waals surface area contributed by atoms with Crippen LogP contribution in [0, 0.1) is 0 Å². The monoisotopic (exact) mass is 186 g/mol. The third-order valence-corrected chi connectivity index (χ3v) is 1.83. The average molecular weight is 186 g/mol. The molecule has 1 N–H and O–H groups in total. The molecular formula is C10H10N4. The molecule has 1 aromatic carbocycles. The van der Waals surface area contributed by atoms with E-state index in [2.05, 4.69) is 20.3 Å². The van der Waals surface area contributed by atoms with Crippen molar-refractivity contribution in [3.63, 3.8) is 0 Å². The molecule has 4 heteroatoms.